The molecule has 0 bridgehead atoms. The Balaban J connectivity index is 2.76. The van der Waals surface area contributed by atoms with Crippen molar-refractivity contribution in [2.45, 2.75) is 26.4 Å². The highest BCUT2D eigenvalue weighted by Gasteiger charge is 2.15. The summed E-state index contributed by atoms with van der Waals surface area (Å²) in [4.78, 5) is 24.0. The summed E-state index contributed by atoms with van der Waals surface area (Å²) in [7, 11) is 1.53. The Kier molecular flexibility index (Phi) is 4.53. The maximum Gasteiger partial charge on any atom is 0.254 e. The second kappa shape index (κ2) is 5.73. The van der Waals surface area contributed by atoms with Crippen molar-refractivity contribution in [2.24, 2.45) is 5.73 Å². The molecule has 0 spiro atoms. The Morgan fingerprint density at radius 3 is 2.16 bits per heavy atom. The van der Waals surface area contributed by atoms with E-state index in [4.69, 9.17) is 10.5 Å². The number of amides is 2. The van der Waals surface area contributed by atoms with Gasteiger partial charge in [-0.2, -0.15) is 0 Å². The molecule has 0 aliphatic carbocycles. The summed E-state index contributed by atoms with van der Waals surface area (Å²) in [5.74, 6) is -0.0914. The van der Waals surface area contributed by atoms with E-state index in [0.717, 1.165) is 0 Å². The van der Waals surface area contributed by atoms with E-state index in [9.17, 15) is 9.59 Å². The van der Waals surface area contributed by atoms with Crippen LogP contribution in [0.2, 0.25) is 0 Å². The van der Waals surface area contributed by atoms with Gasteiger partial charge >= 0.3 is 0 Å². The van der Waals surface area contributed by atoms with Crippen molar-refractivity contribution in [1.29, 1.82) is 0 Å². The van der Waals surface area contributed by atoms with Gasteiger partial charge in [0.15, 0.2) is 0 Å². The van der Waals surface area contributed by atoms with Gasteiger partial charge in [-0.3, -0.25) is 9.59 Å². The molecule has 5 heteroatoms. The fourth-order valence-corrected chi connectivity index (χ4v) is 1.55. The number of nitrogens with two attached hydrogens (primary N) is 1. The zero-order chi connectivity index (χ0) is 14.6. The first-order valence-electron chi connectivity index (χ1n) is 6.02. The van der Waals surface area contributed by atoms with E-state index < -0.39 is 5.91 Å². The SMILES string of the molecule is CN(CC(N)=O)C(=O)c1ccc(OC(C)(C)C)cc1. The number of ether oxygens (including phenoxy) is 1. The number of rotatable bonds is 4. The quantitative estimate of drug-likeness (QED) is 0.894. The molecule has 0 atom stereocenters. The zero-order valence-electron chi connectivity index (χ0n) is 11.8. The van der Waals surface area contributed by atoms with Gasteiger partial charge in [-0.05, 0) is 45.0 Å². The number of hydrogen-bond donors (Lipinski definition) is 1. The number of benzene rings is 1. The number of hydrogen-bond acceptors (Lipinski definition) is 3. The third kappa shape index (κ3) is 4.99. The first-order valence-corrected chi connectivity index (χ1v) is 6.02. The summed E-state index contributed by atoms with van der Waals surface area (Å²) in [5, 5.41) is 0. The summed E-state index contributed by atoms with van der Waals surface area (Å²) < 4.78 is 5.66. The summed E-state index contributed by atoms with van der Waals surface area (Å²) in [6.45, 7) is 5.76. The molecule has 0 unspecified atom stereocenters. The van der Waals surface area contributed by atoms with Crippen LogP contribution in [0.3, 0.4) is 0 Å². The predicted octanol–water partition coefficient (Wildman–Crippen LogP) is 1.42. The van der Waals surface area contributed by atoms with Crippen LogP contribution in [0.5, 0.6) is 5.75 Å². The van der Waals surface area contributed by atoms with Crippen molar-refractivity contribution in [3.63, 3.8) is 0 Å². The van der Waals surface area contributed by atoms with E-state index in [2.05, 4.69) is 0 Å². The zero-order valence-corrected chi connectivity index (χ0v) is 11.8. The molecule has 0 aliphatic rings. The first-order chi connectivity index (χ1) is 8.69. The van der Waals surface area contributed by atoms with Crippen molar-refractivity contribution < 1.29 is 14.3 Å². The molecule has 0 heterocycles. The fourth-order valence-electron chi connectivity index (χ4n) is 1.55. The lowest BCUT2D eigenvalue weighted by molar-refractivity contribution is -0.118. The maximum absolute atomic E-state index is 12.0. The van der Waals surface area contributed by atoms with Gasteiger partial charge in [0.05, 0.1) is 6.54 Å². The molecule has 5 nitrogen and oxygen atoms in total. The molecule has 2 amide bonds. The Morgan fingerprint density at radius 1 is 1.21 bits per heavy atom. The minimum absolute atomic E-state index is 0.0981. The molecular weight excluding hydrogens is 244 g/mol. The van der Waals surface area contributed by atoms with Crippen molar-refractivity contribution in [2.75, 3.05) is 13.6 Å². The lowest BCUT2D eigenvalue weighted by Crippen LogP contribution is -2.35. The van der Waals surface area contributed by atoms with Crippen LogP contribution in [-0.2, 0) is 4.79 Å². The smallest absolute Gasteiger partial charge is 0.254 e. The van der Waals surface area contributed by atoms with Crippen LogP contribution in [0.1, 0.15) is 31.1 Å². The summed E-state index contributed by atoms with van der Waals surface area (Å²) in [6, 6.07) is 6.80. The molecule has 1 rings (SSSR count). The Labute approximate surface area is 113 Å². The highest BCUT2D eigenvalue weighted by Crippen LogP contribution is 2.18. The molecule has 104 valence electrons. The Bertz CT molecular complexity index is 461. The third-order valence-electron chi connectivity index (χ3n) is 2.27. The van der Waals surface area contributed by atoms with Crippen LogP contribution in [0.25, 0.3) is 0 Å². The van der Waals surface area contributed by atoms with E-state index in [1.54, 1.807) is 24.3 Å². The number of carbonyl (C=O) groups excluding carboxylic acids is 2. The second-order valence-corrected chi connectivity index (χ2v) is 5.37. The van der Waals surface area contributed by atoms with Crippen LogP contribution in [0, 0.1) is 0 Å². The van der Waals surface area contributed by atoms with Gasteiger partial charge in [-0.15, -0.1) is 0 Å². The van der Waals surface area contributed by atoms with Gasteiger partial charge in [0, 0.05) is 12.6 Å². The van der Waals surface area contributed by atoms with Crippen molar-refractivity contribution in [3.05, 3.63) is 29.8 Å². The predicted molar refractivity (Wildman–Crippen MR) is 73.0 cm³/mol. The normalized spacial score (nSPS) is 10.9. The van der Waals surface area contributed by atoms with Crippen molar-refractivity contribution >= 4 is 11.8 Å². The van der Waals surface area contributed by atoms with Crippen LogP contribution in [0.15, 0.2) is 24.3 Å². The molecule has 19 heavy (non-hydrogen) atoms. The standard InChI is InChI=1S/C14H20N2O3/c1-14(2,3)19-11-7-5-10(6-8-11)13(18)16(4)9-12(15)17/h5-8H,9H2,1-4H3,(H2,15,17). The monoisotopic (exact) mass is 264 g/mol. The second-order valence-electron chi connectivity index (χ2n) is 5.37. The van der Waals surface area contributed by atoms with E-state index in [1.807, 2.05) is 20.8 Å². The Hall–Kier alpha value is -2.04. The summed E-state index contributed by atoms with van der Waals surface area (Å²) >= 11 is 0. The number of likely N-dealkylation sites (N-methyl/N-ethyl adjacent to an activating group) is 1. The van der Waals surface area contributed by atoms with Crippen molar-refractivity contribution in [3.8, 4) is 5.75 Å². The maximum atomic E-state index is 12.0. The molecule has 0 aliphatic heterocycles. The van der Waals surface area contributed by atoms with E-state index in [-0.39, 0.29) is 18.1 Å². The van der Waals surface area contributed by atoms with Crippen LogP contribution < -0.4 is 10.5 Å². The van der Waals surface area contributed by atoms with Crippen LogP contribution in [0.4, 0.5) is 0 Å². The molecule has 1 aromatic carbocycles. The summed E-state index contributed by atoms with van der Waals surface area (Å²) in [6.07, 6.45) is 0. The first kappa shape index (κ1) is 15.0. The average Bonchev–Trinajstić information content (AvgIpc) is 2.26. The van der Waals surface area contributed by atoms with Gasteiger partial charge < -0.3 is 15.4 Å². The number of carbonyl (C=O) groups is 2. The molecule has 2 N–H and O–H groups in total. The van der Waals surface area contributed by atoms with Gasteiger partial charge in [-0.25, -0.2) is 0 Å². The highest BCUT2D eigenvalue weighted by molar-refractivity contribution is 5.96. The van der Waals surface area contributed by atoms with Gasteiger partial charge in [0.1, 0.15) is 11.4 Å². The largest absolute Gasteiger partial charge is 0.488 e. The molecule has 0 radical (unpaired) electrons. The molecule has 0 saturated carbocycles. The molecule has 0 fully saturated rings. The Morgan fingerprint density at radius 2 is 1.74 bits per heavy atom. The van der Waals surface area contributed by atoms with Gasteiger partial charge in [0.25, 0.3) is 5.91 Å². The minimum atomic E-state index is -0.538. The lowest BCUT2D eigenvalue weighted by Gasteiger charge is -2.21. The lowest BCUT2D eigenvalue weighted by atomic mass is 10.1. The molecular formula is C14H20N2O3. The van der Waals surface area contributed by atoms with Gasteiger partial charge in [-0.1, -0.05) is 0 Å². The van der Waals surface area contributed by atoms with E-state index in [0.29, 0.717) is 11.3 Å². The number of nitrogens with zero attached hydrogens (tertiary/aromatic N) is 1. The molecule has 0 aromatic heterocycles. The van der Waals surface area contributed by atoms with E-state index in [1.165, 1.54) is 11.9 Å². The van der Waals surface area contributed by atoms with Crippen LogP contribution in [-0.4, -0.2) is 35.9 Å². The van der Waals surface area contributed by atoms with Gasteiger partial charge in [0.2, 0.25) is 5.91 Å². The van der Waals surface area contributed by atoms with Crippen molar-refractivity contribution in [1.82, 2.24) is 4.90 Å². The minimum Gasteiger partial charge on any atom is -0.488 e. The highest BCUT2D eigenvalue weighted by atomic mass is 16.5. The van der Waals surface area contributed by atoms with E-state index >= 15 is 0 Å². The average molecular weight is 264 g/mol. The third-order valence-corrected chi connectivity index (χ3v) is 2.27. The molecule has 0 saturated heterocycles. The summed E-state index contributed by atoms with van der Waals surface area (Å²) in [5.41, 5.74) is 5.26. The van der Waals surface area contributed by atoms with Crippen LogP contribution >= 0.6 is 0 Å². The number of primary amides is 1. The topological polar surface area (TPSA) is 72.6 Å². The molecule has 1 aromatic rings. The fraction of sp³-hybridized carbons (Fsp3) is 0.429.